The molecule has 9 heteroatoms. The van der Waals surface area contributed by atoms with Gasteiger partial charge in [-0.15, -0.1) is 0 Å². The van der Waals surface area contributed by atoms with Crippen LogP contribution < -0.4 is 0 Å². The first kappa shape index (κ1) is 21.4. The topological polar surface area (TPSA) is 75.5 Å². The Balaban J connectivity index is 1.32. The molecule has 1 unspecified atom stereocenters. The van der Waals surface area contributed by atoms with Gasteiger partial charge in [-0.2, -0.15) is 0 Å². The maximum Gasteiger partial charge on any atom is 0.233 e. The zero-order valence-corrected chi connectivity index (χ0v) is 19.1. The van der Waals surface area contributed by atoms with Crippen LogP contribution in [0.15, 0.2) is 35.7 Å². The first-order chi connectivity index (χ1) is 14.3. The van der Waals surface area contributed by atoms with Crippen LogP contribution in [0.3, 0.4) is 0 Å². The normalized spacial score (nSPS) is 21.8. The lowest BCUT2D eigenvalue weighted by Crippen LogP contribution is -2.52. The summed E-state index contributed by atoms with van der Waals surface area (Å²) in [6, 6.07) is 6.48. The zero-order valence-electron chi connectivity index (χ0n) is 17.5. The summed E-state index contributed by atoms with van der Waals surface area (Å²) >= 11 is 1.46. The number of nitrogens with zero attached hydrogens (tertiary/aromatic N) is 4. The fourth-order valence-corrected chi connectivity index (χ4v) is 6.94. The van der Waals surface area contributed by atoms with Crippen molar-refractivity contribution in [1.82, 2.24) is 19.4 Å². The average Bonchev–Trinajstić information content (AvgIpc) is 3.31. The molecule has 2 saturated heterocycles. The summed E-state index contributed by atoms with van der Waals surface area (Å²) < 4.78 is 25.5. The Morgan fingerprint density at radius 3 is 2.47 bits per heavy atom. The highest BCUT2D eigenvalue weighted by atomic mass is 32.2. The van der Waals surface area contributed by atoms with Crippen LogP contribution in [-0.2, 0) is 14.6 Å². The molecule has 0 saturated carbocycles. The Labute approximate surface area is 182 Å². The molecule has 0 spiro atoms. The van der Waals surface area contributed by atoms with E-state index >= 15 is 0 Å². The minimum atomic E-state index is -2.88. The minimum absolute atomic E-state index is 0.105. The van der Waals surface area contributed by atoms with E-state index in [1.165, 1.54) is 22.9 Å². The molecule has 1 aromatic carbocycles. The van der Waals surface area contributed by atoms with E-state index in [0.29, 0.717) is 31.0 Å². The van der Waals surface area contributed by atoms with Gasteiger partial charge in [-0.25, -0.2) is 13.4 Å². The first-order valence-electron chi connectivity index (χ1n) is 10.3. The number of imidazole rings is 1. The molecule has 1 amide bonds. The van der Waals surface area contributed by atoms with E-state index in [-0.39, 0.29) is 17.7 Å². The number of hydrogen-bond donors (Lipinski definition) is 0. The number of benzene rings is 1. The highest BCUT2D eigenvalue weighted by Gasteiger charge is 2.34. The molecule has 1 atom stereocenters. The second kappa shape index (κ2) is 8.72. The summed E-state index contributed by atoms with van der Waals surface area (Å²) in [5, 5.41) is 0.808. The van der Waals surface area contributed by atoms with E-state index in [1.807, 2.05) is 15.7 Å². The lowest BCUT2D eigenvalue weighted by atomic mass is 10.1. The predicted molar refractivity (Wildman–Crippen MR) is 119 cm³/mol. The molecule has 0 bridgehead atoms. The van der Waals surface area contributed by atoms with Gasteiger partial charge in [-0.1, -0.05) is 17.8 Å². The van der Waals surface area contributed by atoms with Crippen LogP contribution in [0.1, 0.15) is 17.5 Å². The van der Waals surface area contributed by atoms with Gasteiger partial charge in [0.15, 0.2) is 15.0 Å². The highest BCUT2D eigenvalue weighted by molar-refractivity contribution is 7.99. The second-order valence-electron chi connectivity index (χ2n) is 8.19. The molecule has 2 fully saturated rings. The summed E-state index contributed by atoms with van der Waals surface area (Å²) in [6.45, 7) is 6.94. The van der Waals surface area contributed by atoms with Crippen LogP contribution in [-0.4, -0.2) is 83.2 Å². The van der Waals surface area contributed by atoms with Gasteiger partial charge in [0.25, 0.3) is 0 Å². The van der Waals surface area contributed by atoms with Crippen molar-refractivity contribution < 1.29 is 13.2 Å². The van der Waals surface area contributed by atoms with Crippen molar-refractivity contribution in [2.24, 2.45) is 0 Å². The fraction of sp³-hybridized carbons (Fsp3) is 0.524. The maximum atomic E-state index is 12.7. The number of thioether (sulfide) groups is 1. The number of aromatic nitrogens is 2. The number of aryl methyl sites for hydroxylation is 2. The van der Waals surface area contributed by atoms with E-state index in [1.54, 1.807) is 6.20 Å². The lowest BCUT2D eigenvalue weighted by Gasteiger charge is -2.37. The standard InChI is InChI=1S/C21H28N4O3S2/c1-16-11-17(2)13-19(12-16)25-5-4-22-21(25)29-14-20(26)24-8-6-23(7-9-24)18-3-10-30(27,28)15-18/h4-5,11-13,18H,3,6-10,14-15H2,1-2H3. The fourth-order valence-electron chi connectivity index (χ4n) is 4.30. The molecule has 2 aliphatic heterocycles. The largest absolute Gasteiger partial charge is 0.339 e. The smallest absolute Gasteiger partial charge is 0.233 e. The third-order valence-electron chi connectivity index (χ3n) is 5.81. The Bertz CT molecular complexity index is 1010. The number of hydrogen-bond acceptors (Lipinski definition) is 6. The highest BCUT2D eigenvalue weighted by Crippen LogP contribution is 2.23. The summed E-state index contributed by atoms with van der Waals surface area (Å²) in [7, 11) is -2.88. The third kappa shape index (κ3) is 4.90. The molecule has 2 aromatic rings. The summed E-state index contributed by atoms with van der Waals surface area (Å²) in [5.74, 6) is 1.01. The average molecular weight is 449 g/mol. The Hall–Kier alpha value is -1.84. The number of rotatable bonds is 5. The Morgan fingerprint density at radius 1 is 1.13 bits per heavy atom. The predicted octanol–water partition coefficient (Wildman–Crippen LogP) is 1.91. The van der Waals surface area contributed by atoms with E-state index in [2.05, 4.69) is 41.9 Å². The van der Waals surface area contributed by atoms with Crippen LogP contribution in [0.4, 0.5) is 0 Å². The van der Waals surface area contributed by atoms with Crippen LogP contribution >= 0.6 is 11.8 Å². The van der Waals surface area contributed by atoms with Gasteiger partial charge >= 0.3 is 0 Å². The van der Waals surface area contributed by atoms with Crippen molar-refractivity contribution in [3.8, 4) is 5.69 Å². The third-order valence-corrected chi connectivity index (χ3v) is 8.51. The number of piperazine rings is 1. The molecule has 4 rings (SSSR count). The van der Waals surface area contributed by atoms with E-state index in [4.69, 9.17) is 0 Å². The molecular weight excluding hydrogens is 420 g/mol. The second-order valence-corrected chi connectivity index (χ2v) is 11.4. The molecule has 0 N–H and O–H groups in total. The first-order valence-corrected chi connectivity index (χ1v) is 13.1. The van der Waals surface area contributed by atoms with Crippen molar-refractivity contribution in [2.45, 2.75) is 31.5 Å². The van der Waals surface area contributed by atoms with Crippen LogP contribution in [0.5, 0.6) is 0 Å². The Morgan fingerprint density at radius 2 is 1.83 bits per heavy atom. The number of carbonyl (C=O) groups is 1. The van der Waals surface area contributed by atoms with Gasteiger partial charge in [0.1, 0.15) is 0 Å². The van der Waals surface area contributed by atoms with Crippen LogP contribution in [0.2, 0.25) is 0 Å². The summed E-state index contributed by atoms with van der Waals surface area (Å²) in [5.41, 5.74) is 3.44. The molecule has 0 aliphatic carbocycles. The minimum Gasteiger partial charge on any atom is -0.339 e. The number of amides is 1. The molecule has 2 aliphatic rings. The number of sulfone groups is 1. The Kier molecular flexibility index (Phi) is 6.22. The molecule has 0 radical (unpaired) electrons. The van der Waals surface area contributed by atoms with Crippen molar-refractivity contribution in [1.29, 1.82) is 0 Å². The molecule has 1 aromatic heterocycles. The molecule has 3 heterocycles. The maximum absolute atomic E-state index is 12.7. The quantitative estimate of drug-likeness (QED) is 0.651. The molecular formula is C21H28N4O3S2. The van der Waals surface area contributed by atoms with E-state index < -0.39 is 9.84 Å². The lowest BCUT2D eigenvalue weighted by molar-refractivity contribution is -0.130. The van der Waals surface area contributed by atoms with Gasteiger partial charge in [-0.3, -0.25) is 14.3 Å². The molecule has 7 nitrogen and oxygen atoms in total. The zero-order chi connectivity index (χ0) is 21.3. The van der Waals surface area contributed by atoms with Crippen molar-refractivity contribution >= 4 is 27.5 Å². The number of carbonyl (C=O) groups excluding carboxylic acids is 1. The van der Waals surface area contributed by atoms with Gasteiger partial charge in [0.2, 0.25) is 5.91 Å². The molecule has 162 valence electrons. The summed E-state index contributed by atoms with van der Waals surface area (Å²) in [6.07, 6.45) is 4.40. The van der Waals surface area contributed by atoms with Gasteiger partial charge in [0.05, 0.1) is 17.3 Å². The van der Waals surface area contributed by atoms with Gasteiger partial charge < -0.3 is 4.90 Å². The van der Waals surface area contributed by atoms with Crippen LogP contribution in [0, 0.1) is 13.8 Å². The van der Waals surface area contributed by atoms with Crippen molar-refractivity contribution in [3.63, 3.8) is 0 Å². The molecule has 30 heavy (non-hydrogen) atoms. The summed E-state index contributed by atoms with van der Waals surface area (Å²) in [4.78, 5) is 21.3. The van der Waals surface area contributed by atoms with Crippen molar-refractivity contribution in [2.75, 3.05) is 43.4 Å². The van der Waals surface area contributed by atoms with Crippen molar-refractivity contribution in [3.05, 3.63) is 41.7 Å². The van der Waals surface area contributed by atoms with E-state index in [9.17, 15) is 13.2 Å². The van der Waals surface area contributed by atoms with Crippen LogP contribution in [0.25, 0.3) is 5.69 Å². The van der Waals surface area contributed by atoms with E-state index in [0.717, 1.165) is 23.9 Å². The van der Waals surface area contributed by atoms with Gasteiger partial charge in [0, 0.05) is 50.3 Å². The SMILES string of the molecule is Cc1cc(C)cc(-n2ccnc2SCC(=O)N2CCN(C3CCS(=O)(=O)C3)CC2)c1. The van der Waals surface area contributed by atoms with Gasteiger partial charge in [-0.05, 0) is 43.5 Å². The monoisotopic (exact) mass is 448 g/mol.